The Morgan fingerprint density at radius 1 is 1.03 bits per heavy atom. The summed E-state index contributed by atoms with van der Waals surface area (Å²) in [5.41, 5.74) is 2.65. The molecular weight excluding hydrogens is 615 g/mol. The second-order valence-corrected chi connectivity index (χ2v) is 10.4. The van der Waals surface area contributed by atoms with E-state index in [1.54, 1.807) is 19.1 Å². The van der Waals surface area contributed by atoms with Crippen LogP contribution in [0.1, 0.15) is 18.1 Å². The number of thioether (sulfide) groups is 1. The van der Waals surface area contributed by atoms with Crippen molar-refractivity contribution >= 4 is 57.2 Å². The minimum absolute atomic E-state index is 0.114. The van der Waals surface area contributed by atoms with Gasteiger partial charge in [-0.05, 0) is 94.9 Å². The molecule has 0 bridgehead atoms. The van der Waals surface area contributed by atoms with Crippen molar-refractivity contribution in [2.24, 2.45) is 4.99 Å². The predicted octanol–water partition coefficient (Wildman–Crippen LogP) is 6.53. The van der Waals surface area contributed by atoms with Crippen molar-refractivity contribution in [1.82, 2.24) is 4.90 Å². The van der Waals surface area contributed by atoms with Gasteiger partial charge in [0.25, 0.3) is 5.91 Å². The summed E-state index contributed by atoms with van der Waals surface area (Å²) in [7, 11) is 3.24. The third kappa shape index (κ3) is 7.09. The first-order chi connectivity index (χ1) is 18.5. The number of carbonyl (C=O) groups is 1. The summed E-state index contributed by atoms with van der Waals surface area (Å²) in [5, 5.41) is 0.603. The molecule has 1 fully saturated rings. The molecule has 0 aliphatic carbocycles. The Hall–Kier alpha value is -3.02. The highest BCUT2D eigenvalue weighted by Crippen LogP contribution is 2.38. The highest BCUT2D eigenvalue weighted by molar-refractivity contribution is 14.1. The molecule has 1 aliphatic rings. The van der Waals surface area contributed by atoms with Gasteiger partial charge in [0.2, 0.25) is 0 Å². The van der Waals surface area contributed by atoms with E-state index < -0.39 is 0 Å². The molecule has 0 N–H and O–H groups in total. The van der Waals surface area contributed by atoms with Gasteiger partial charge in [0.05, 0.1) is 41.0 Å². The Labute approximate surface area is 241 Å². The topological polar surface area (TPSA) is 69.6 Å². The maximum atomic E-state index is 13.4. The largest absolute Gasteiger partial charge is 0.497 e. The number of amides is 1. The van der Waals surface area contributed by atoms with Crippen LogP contribution in [0.3, 0.4) is 0 Å². The maximum absolute atomic E-state index is 13.4. The highest BCUT2D eigenvalue weighted by atomic mass is 127. The number of hydrogen-bond donors (Lipinski definition) is 0. The van der Waals surface area contributed by atoms with Crippen LogP contribution in [-0.2, 0) is 16.1 Å². The lowest BCUT2D eigenvalue weighted by Gasteiger charge is -2.15. The monoisotopic (exact) mass is 644 g/mol. The van der Waals surface area contributed by atoms with Gasteiger partial charge < -0.3 is 18.9 Å². The summed E-state index contributed by atoms with van der Waals surface area (Å²) in [4.78, 5) is 20.3. The number of benzene rings is 3. The average Bonchev–Trinajstić information content (AvgIpc) is 3.21. The van der Waals surface area contributed by atoms with E-state index in [9.17, 15) is 4.79 Å². The number of methoxy groups -OCH3 is 2. The summed E-state index contributed by atoms with van der Waals surface area (Å²) in [6, 6.07) is 21.3. The number of nitrogens with zero attached hydrogens (tertiary/aromatic N) is 2. The van der Waals surface area contributed by atoms with Gasteiger partial charge in [0, 0.05) is 7.11 Å². The Kier molecular flexibility index (Phi) is 10.1. The quantitative estimate of drug-likeness (QED) is 0.175. The van der Waals surface area contributed by atoms with E-state index >= 15 is 0 Å². The van der Waals surface area contributed by atoms with E-state index in [1.165, 1.54) is 11.8 Å². The van der Waals surface area contributed by atoms with Gasteiger partial charge in [0.15, 0.2) is 16.7 Å². The van der Waals surface area contributed by atoms with Crippen molar-refractivity contribution in [2.45, 2.75) is 13.5 Å². The van der Waals surface area contributed by atoms with Crippen molar-refractivity contribution < 1.29 is 23.7 Å². The van der Waals surface area contributed by atoms with E-state index in [2.05, 4.69) is 22.6 Å². The molecule has 1 saturated heterocycles. The summed E-state index contributed by atoms with van der Waals surface area (Å²) < 4.78 is 23.4. The van der Waals surface area contributed by atoms with Crippen molar-refractivity contribution in [3.63, 3.8) is 0 Å². The Morgan fingerprint density at radius 2 is 1.79 bits per heavy atom. The zero-order valence-corrected chi connectivity index (χ0v) is 24.5. The first kappa shape index (κ1) is 28.0. The SMILES string of the molecule is CCOc1cc(/C=C2\SC(=Nc3ccc(OC)cc3)N(CCOC)C2=O)cc(I)c1OCc1ccccc1. The van der Waals surface area contributed by atoms with Crippen LogP contribution in [0.5, 0.6) is 17.2 Å². The van der Waals surface area contributed by atoms with Gasteiger partial charge >= 0.3 is 0 Å². The molecule has 7 nitrogen and oxygen atoms in total. The van der Waals surface area contributed by atoms with Crippen LogP contribution < -0.4 is 14.2 Å². The first-order valence-electron chi connectivity index (χ1n) is 12.1. The summed E-state index contributed by atoms with van der Waals surface area (Å²) in [5.74, 6) is 1.96. The van der Waals surface area contributed by atoms with Gasteiger partial charge in [0.1, 0.15) is 12.4 Å². The van der Waals surface area contributed by atoms with Crippen molar-refractivity contribution in [3.8, 4) is 17.2 Å². The van der Waals surface area contributed by atoms with Crippen LogP contribution in [0.15, 0.2) is 76.6 Å². The van der Waals surface area contributed by atoms with Crippen LogP contribution in [0.4, 0.5) is 5.69 Å². The molecular formula is C29H29IN2O5S. The molecule has 0 saturated carbocycles. The van der Waals surface area contributed by atoms with Gasteiger partial charge in [-0.2, -0.15) is 0 Å². The van der Waals surface area contributed by atoms with Crippen LogP contribution in [0.25, 0.3) is 6.08 Å². The molecule has 0 spiro atoms. The number of ether oxygens (including phenoxy) is 4. The van der Waals surface area contributed by atoms with Crippen molar-refractivity contribution in [1.29, 1.82) is 0 Å². The van der Waals surface area contributed by atoms with Gasteiger partial charge in [-0.25, -0.2) is 4.99 Å². The highest BCUT2D eigenvalue weighted by Gasteiger charge is 2.33. The smallest absolute Gasteiger partial charge is 0.266 e. The Bertz CT molecular complexity index is 1310. The standard InChI is InChI=1S/C29H29IN2O5S/c1-4-36-25-17-21(16-24(30)27(25)37-19-20-8-6-5-7-9-20)18-26-28(33)32(14-15-34-2)29(38-26)31-22-10-12-23(35-3)13-11-22/h5-13,16-18H,4,14-15,19H2,1-3H3/b26-18-,31-29?. The zero-order valence-electron chi connectivity index (χ0n) is 21.5. The number of rotatable bonds is 11. The van der Waals surface area contributed by atoms with Crippen LogP contribution in [0, 0.1) is 3.57 Å². The maximum Gasteiger partial charge on any atom is 0.266 e. The summed E-state index contributed by atoms with van der Waals surface area (Å²) in [6.45, 7) is 3.68. The normalized spacial score (nSPS) is 15.4. The fourth-order valence-electron chi connectivity index (χ4n) is 3.69. The fourth-order valence-corrected chi connectivity index (χ4v) is 5.50. The lowest BCUT2D eigenvalue weighted by atomic mass is 10.1. The van der Waals surface area contributed by atoms with E-state index in [0.29, 0.717) is 47.9 Å². The van der Waals surface area contributed by atoms with Crippen LogP contribution >= 0.6 is 34.4 Å². The Balaban J connectivity index is 1.62. The third-order valence-electron chi connectivity index (χ3n) is 5.56. The molecule has 9 heteroatoms. The lowest BCUT2D eigenvalue weighted by molar-refractivity contribution is -0.122. The van der Waals surface area contributed by atoms with E-state index in [1.807, 2.05) is 79.7 Å². The molecule has 3 aromatic carbocycles. The first-order valence-corrected chi connectivity index (χ1v) is 14.0. The molecule has 0 atom stereocenters. The number of aliphatic imine (C=N–C) groups is 1. The molecule has 198 valence electrons. The summed E-state index contributed by atoms with van der Waals surface area (Å²) in [6.07, 6.45) is 1.87. The second-order valence-electron chi connectivity index (χ2n) is 8.19. The molecule has 1 aliphatic heterocycles. The molecule has 4 rings (SSSR count). The number of amidine groups is 1. The zero-order chi connectivity index (χ0) is 26.9. The minimum atomic E-state index is -0.114. The minimum Gasteiger partial charge on any atom is -0.497 e. The van der Waals surface area contributed by atoms with Crippen molar-refractivity contribution in [2.75, 3.05) is 34.0 Å². The van der Waals surface area contributed by atoms with Crippen LogP contribution in [0.2, 0.25) is 0 Å². The molecule has 0 aromatic heterocycles. The molecule has 0 radical (unpaired) electrons. The van der Waals surface area contributed by atoms with E-state index in [-0.39, 0.29) is 5.91 Å². The van der Waals surface area contributed by atoms with Crippen molar-refractivity contribution in [3.05, 3.63) is 86.3 Å². The molecule has 0 unspecified atom stereocenters. The number of hydrogen-bond acceptors (Lipinski definition) is 7. The molecule has 3 aromatic rings. The number of carbonyl (C=O) groups excluding carboxylic acids is 1. The fraction of sp³-hybridized carbons (Fsp3) is 0.241. The predicted molar refractivity (Wildman–Crippen MR) is 160 cm³/mol. The molecule has 1 heterocycles. The van der Waals surface area contributed by atoms with E-state index in [4.69, 9.17) is 23.9 Å². The Morgan fingerprint density at radius 3 is 2.47 bits per heavy atom. The molecule has 38 heavy (non-hydrogen) atoms. The average molecular weight is 645 g/mol. The van der Waals surface area contributed by atoms with Gasteiger partial charge in [-0.1, -0.05) is 30.3 Å². The second kappa shape index (κ2) is 13.7. The number of halogens is 1. The van der Waals surface area contributed by atoms with E-state index in [0.717, 1.165) is 26.1 Å². The lowest BCUT2D eigenvalue weighted by Crippen LogP contribution is -2.32. The summed E-state index contributed by atoms with van der Waals surface area (Å²) >= 11 is 3.59. The van der Waals surface area contributed by atoms with Gasteiger partial charge in [-0.3, -0.25) is 9.69 Å². The van der Waals surface area contributed by atoms with Crippen LogP contribution in [-0.4, -0.2) is 50.0 Å². The molecule has 1 amide bonds. The van der Waals surface area contributed by atoms with Gasteiger partial charge in [-0.15, -0.1) is 0 Å². The third-order valence-corrected chi connectivity index (χ3v) is 7.37.